The Morgan fingerprint density at radius 3 is 3.11 bits per heavy atom. The van der Waals surface area contributed by atoms with Crippen LogP contribution in [0.3, 0.4) is 0 Å². The molecular formula is C13H22IN5. The number of rotatable bonds is 3. The molecule has 19 heavy (non-hydrogen) atoms. The third kappa shape index (κ3) is 3.61. The van der Waals surface area contributed by atoms with Crippen molar-refractivity contribution < 1.29 is 0 Å². The van der Waals surface area contributed by atoms with E-state index in [-0.39, 0.29) is 24.0 Å². The van der Waals surface area contributed by atoms with Crippen LogP contribution in [-0.4, -0.2) is 34.6 Å². The number of aromatic nitrogens is 2. The number of nitrogens with one attached hydrogen (secondary N) is 2. The summed E-state index contributed by atoms with van der Waals surface area (Å²) < 4.78 is 2.31. The topological polar surface area (TPSA) is 54.2 Å². The van der Waals surface area contributed by atoms with Crippen LogP contribution in [0.25, 0.3) is 0 Å². The largest absolute Gasteiger partial charge is 0.356 e. The second kappa shape index (κ2) is 6.58. The zero-order chi connectivity index (χ0) is 12.4. The summed E-state index contributed by atoms with van der Waals surface area (Å²) in [5.41, 5.74) is 1.20. The van der Waals surface area contributed by atoms with Crippen LogP contribution in [0.4, 0.5) is 0 Å². The molecule has 0 bridgehead atoms. The molecule has 0 amide bonds. The first-order chi connectivity index (χ1) is 8.81. The van der Waals surface area contributed by atoms with Crippen LogP contribution in [-0.2, 0) is 19.4 Å². The summed E-state index contributed by atoms with van der Waals surface area (Å²) in [5, 5.41) is 6.63. The van der Waals surface area contributed by atoms with Gasteiger partial charge in [-0.2, -0.15) is 0 Å². The number of nitrogens with zero attached hydrogens (tertiary/aromatic N) is 3. The third-order valence-corrected chi connectivity index (χ3v) is 3.54. The first-order valence-electron chi connectivity index (χ1n) is 6.91. The second-order valence-corrected chi connectivity index (χ2v) is 5.21. The molecule has 3 rings (SSSR count). The highest BCUT2D eigenvalue weighted by Gasteiger charge is 2.13. The molecule has 2 aliphatic heterocycles. The maximum absolute atomic E-state index is 4.69. The van der Waals surface area contributed by atoms with E-state index in [4.69, 9.17) is 4.98 Å². The number of hydrogen-bond donors (Lipinski definition) is 2. The molecule has 1 unspecified atom stereocenters. The Labute approximate surface area is 131 Å². The summed E-state index contributed by atoms with van der Waals surface area (Å²) in [4.78, 5) is 9.07. The van der Waals surface area contributed by atoms with Crippen molar-refractivity contribution in [1.29, 1.82) is 0 Å². The summed E-state index contributed by atoms with van der Waals surface area (Å²) in [5.74, 6) is 2.20. The molecular weight excluding hydrogens is 353 g/mol. The lowest BCUT2D eigenvalue weighted by Gasteiger charge is -2.11. The van der Waals surface area contributed by atoms with Crippen LogP contribution in [0.2, 0.25) is 0 Å². The van der Waals surface area contributed by atoms with Crippen molar-refractivity contribution in [2.24, 2.45) is 4.99 Å². The molecule has 0 saturated heterocycles. The fourth-order valence-electron chi connectivity index (χ4n) is 2.56. The van der Waals surface area contributed by atoms with Crippen LogP contribution in [0.5, 0.6) is 0 Å². The predicted octanol–water partition coefficient (Wildman–Crippen LogP) is 1.32. The smallest absolute Gasteiger partial charge is 0.191 e. The van der Waals surface area contributed by atoms with Gasteiger partial charge in [-0.1, -0.05) is 0 Å². The lowest BCUT2D eigenvalue weighted by atomic mass is 10.2. The fraction of sp³-hybridized carbons (Fsp3) is 0.692. The van der Waals surface area contributed by atoms with E-state index >= 15 is 0 Å². The second-order valence-electron chi connectivity index (χ2n) is 5.21. The average Bonchev–Trinajstić information content (AvgIpc) is 2.95. The van der Waals surface area contributed by atoms with Crippen LogP contribution in [0, 0.1) is 0 Å². The zero-order valence-corrected chi connectivity index (χ0v) is 13.7. The maximum atomic E-state index is 4.69. The minimum absolute atomic E-state index is 0. The quantitative estimate of drug-likeness (QED) is 0.784. The molecule has 2 N–H and O–H groups in total. The van der Waals surface area contributed by atoms with Crippen molar-refractivity contribution in [3.8, 4) is 0 Å². The lowest BCUT2D eigenvalue weighted by molar-refractivity contribution is 0.522. The molecule has 0 aliphatic carbocycles. The monoisotopic (exact) mass is 375 g/mol. The molecule has 1 atom stereocenters. The van der Waals surface area contributed by atoms with E-state index < -0.39 is 0 Å². The standard InChI is InChI=1S/C13H21N5.HI/c1-10-8-15-13(16-10)14-6-5-11-9-18-7-3-2-4-12(18)17-11;/h9-10H,2-8H2,1H3,(H2,14,15,16);1H. The van der Waals surface area contributed by atoms with Gasteiger partial charge < -0.3 is 15.2 Å². The van der Waals surface area contributed by atoms with Gasteiger partial charge in [-0.25, -0.2) is 4.98 Å². The van der Waals surface area contributed by atoms with Crippen LogP contribution >= 0.6 is 24.0 Å². The van der Waals surface area contributed by atoms with Gasteiger partial charge in [0.25, 0.3) is 0 Å². The molecule has 0 aromatic carbocycles. The summed E-state index contributed by atoms with van der Waals surface area (Å²) in [6.07, 6.45) is 6.89. The van der Waals surface area contributed by atoms with Gasteiger partial charge in [0.05, 0.1) is 12.2 Å². The molecule has 1 aromatic heterocycles. The lowest BCUT2D eigenvalue weighted by Crippen LogP contribution is -2.38. The van der Waals surface area contributed by atoms with Crippen molar-refractivity contribution >= 4 is 29.9 Å². The van der Waals surface area contributed by atoms with Gasteiger partial charge in [0.15, 0.2) is 5.96 Å². The number of halogens is 1. The normalized spacial score (nSPS) is 21.1. The molecule has 2 aliphatic rings. The van der Waals surface area contributed by atoms with Gasteiger partial charge in [-0.15, -0.1) is 24.0 Å². The van der Waals surface area contributed by atoms with Crippen molar-refractivity contribution in [2.45, 2.75) is 45.2 Å². The molecule has 0 spiro atoms. The Morgan fingerprint density at radius 2 is 2.37 bits per heavy atom. The zero-order valence-electron chi connectivity index (χ0n) is 11.4. The molecule has 106 valence electrons. The molecule has 1 aromatic rings. The van der Waals surface area contributed by atoms with Gasteiger partial charge in [0.1, 0.15) is 5.82 Å². The van der Waals surface area contributed by atoms with Gasteiger partial charge in [0, 0.05) is 38.2 Å². The number of aliphatic imine (C=N–C) groups is 1. The maximum Gasteiger partial charge on any atom is 0.191 e. The summed E-state index contributed by atoms with van der Waals surface area (Å²) in [6, 6.07) is 0.465. The van der Waals surface area contributed by atoms with Crippen molar-refractivity contribution in [3.63, 3.8) is 0 Å². The first-order valence-corrected chi connectivity index (χ1v) is 6.91. The van der Waals surface area contributed by atoms with Crippen LogP contribution in [0.1, 0.15) is 31.3 Å². The highest BCUT2D eigenvalue weighted by atomic mass is 127. The van der Waals surface area contributed by atoms with E-state index in [9.17, 15) is 0 Å². The van der Waals surface area contributed by atoms with E-state index in [1.54, 1.807) is 0 Å². The Hall–Kier alpha value is -0.790. The van der Waals surface area contributed by atoms with E-state index in [0.29, 0.717) is 6.04 Å². The third-order valence-electron chi connectivity index (χ3n) is 3.54. The summed E-state index contributed by atoms with van der Waals surface area (Å²) in [6.45, 7) is 5.05. The van der Waals surface area contributed by atoms with Crippen LogP contribution in [0.15, 0.2) is 11.2 Å². The predicted molar refractivity (Wildman–Crippen MR) is 87.2 cm³/mol. The highest BCUT2D eigenvalue weighted by Crippen LogP contribution is 2.14. The molecule has 0 fully saturated rings. The highest BCUT2D eigenvalue weighted by molar-refractivity contribution is 14.0. The van der Waals surface area contributed by atoms with Gasteiger partial charge in [0.2, 0.25) is 0 Å². The average molecular weight is 375 g/mol. The minimum Gasteiger partial charge on any atom is -0.356 e. The van der Waals surface area contributed by atoms with E-state index in [0.717, 1.165) is 38.4 Å². The number of hydrogen-bond acceptors (Lipinski definition) is 4. The van der Waals surface area contributed by atoms with E-state index in [1.807, 2.05) is 0 Å². The first kappa shape index (κ1) is 14.6. The van der Waals surface area contributed by atoms with E-state index in [2.05, 4.69) is 33.3 Å². The van der Waals surface area contributed by atoms with Crippen molar-refractivity contribution in [2.75, 3.05) is 13.1 Å². The molecule has 0 radical (unpaired) electrons. The number of fused-ring (bicyclic) bond motifs is 1. The van der Waals surface area contributed by atoms with E-state index in [1.165, 1.54) is 24.4 Å². The summed E-state index contributed by atoms with van der Waals surface area (Å²) in [7, 11) is 0. The molecule has 6 heteroatoms. The molecule has 5 nitrogen and oxygen atoms in total. The SMILES string of the molecule is CC1CN=C(NCCc2cn3c(n2)CCCC3)N1.I. The summed E-state index contributed by atoms with van der Waals surface area (Å²) >= 11 is 0. The van der Waals surface area contributed by atoms with Gasteiger partial charge in [-0.3, -0.25) is 4.99 Å². The van der Waals surface area contributed by atoms with Crippen LogP contribution < -0.4 is 10.6 Å². The minimum atomic E-state index is 0. The number of imidazole rings is 1. The molecule has 0 saturated carbocycles. The van der Waals surface area contributed by atoms with Crippen molar-refractivity contribution in [3.05, 3.63) is 17.7 Å². The number of guanidine groups is 1. The number of aryl methyl sites for hydroxylation is 2. The Morgan fingerprint density at radius 1 is 1.47 bits per heavy atom. The van der Waals surface area contributed by atoms with Gasteiger partial charge in [-0.05, 0) is 19.8 Å². The van der Waals surface area contributed by atoms with Crippen molar-refractivity contribution in [1.82, 2.24) is 20.2 Å². The Kier molecular flexibility index (Phi) is 5.06. The fourth-order valence-corrected chi connectivity index (χ4v) is 2.56. The Bertz CT molecular complexity index is 430. The Balaban J connectivity index is 0.00000133. The molecule has 3 heterocycles. The van der Waals surface area contributed by atoms with Gasteiger partial charge >= 0.3 is 0 Å².